The summed E-state index contributed by atoms with van der Waals surface area (Å²) < 4.78 is 6.97. The Kier molecular flexibility index (Phi) is 3.82. The number of nitrogens with two attached hydrogens (primary N) is 1. The molecule has 3 nitrogen and oxygen atoms in total. The molecule has 0 bridgehead atoms. The molecule has 2 N–H and O–H groups in total. The third kappa shape index (κ3) is 2.37. The van der Waals surface area contributed by atoms with Crippen LogP contribution in [-0.2, 0) is 4.74 Å². The van der Waals surface area contributed by atoms with Crippen molar-refractivity contribution in [3.05, 3.63) is 35.2 Å². The van der Waals surface area contributed by atoms with Crippen molar-refractivity contribution in [2.24, 2.45) is 5.73 Å². The van der Waals surface area contributed by atoms with Crippen molar-refractivity contribution in [2.45, 2.75) is 25.4 Å². The number of thiophene rings is 1. The lowest BCUT2D eigenvalue weighted by molar-refractivity contribution is -0.0709. The number of ether oxygens (including phenoxy) is 1. The van der Waals surface area contributed by atoms with E-state index >= 15 is 0 Å². The second-order valence-electron chi connectivity index (χ2n) is 6.00. The lowest BCUT2D eigenvalue weighted by Crippen LogP contribution is -2.55. The van der Waals surface area contributed by atoms with E-state index in [0.29, 0.717) is 6.54 Å². The van der Waals surface area contributed by atoms with E-state index in [9.17, 15) is 0 Å². The summed E-state index contributed by atoms with van der Waals surface area (Å²) in [7, 11) is 0. The van der Waals surface area contributed by atoms with Gasteiger partial charge in [0.05, 0.1) is 13.2 Å². The average molecular weight is 290 g/mol. The predicted molar refractivity (Wildman–Crippen MR) is 85.2 cm³/mol. The molecule has 0 amide bonds. The number of fused-ring (bicyclic) bond motifs is 1. The summed E-state index contributed by atoms with van der Waals surface area (Å²) >= 11 is 1.81. The fourth-order valence-corrected chi connectivity index (χ4v) is 4.13. The monoisotopic (exact) mass is 290 g/mol. The molecule has 1 atom stereocenters. The Morgan fingerprint density at radius 2 is 2.20 bits per heavy atom. The Bertz CT molecular complexity index is 593. The number of hydrogen-bond acceptors (Lipinski definition) is 4. The van der Waals surface area contributed by atoms with E-state index in [1.165, 1.54) is 15.6 Å². The smallest absolute Gasteiger partial charge is 0.0645 e. The maximum Gasteiger partial charge on any atom is 0.0645 e. The molecule has 0 spiro atoms. The van der Waals surface area contributed by atoms with Crippen LogP contribution in [0.25, 0.3) is 10.1 Å². The molecule has 1 aromatic carbocycles. The summed E-state index contributed by atoms with van der Waals surface area (Å²) in [6.07, 6.45) is 0. The number of rotatable bonds is 3. The molecular formula is C16H22N2OS. The van der Waals surface area contributed by atoms with E-state index in [4.69, 9.17) is 10.5 Å². The first-order chi connectivity index (χ1) is 9.63. The van der Waals surface area contributed by atoms with Crippen LogP contribution in [-0.4, -0.2) is 36.7 Å². The summed E-state index contributed by atoms with van der Waals surface area (Å²) in [5, 5.41) is 3.61. The van der Waals surface area contributed by atoms with E-state index in [1.54, 1.807) is 0 Å². The predicted octanol–water partition coefficient (Wildman–Crippen LogP) is 3.01. The van der Waals surface area contributed by atoms with Gasteiger partial charge in [0.1, 0.15) is 0 Å². The van der Waals surface area contributed by atoms with Crippen LogP contribution in [0.1, 0.15) is 25.5 Å². The molecule has 1 saturated heterocycles. The zero-order valence-corrected chi connectivity index (χ0v) is 13.0. The first-order valence-electron chi connectivity index (χ1n) is 7.14. The molecule has 0 aliphatic carbocycles. The van der Waals surface area contributed by atoms with E-state index in [0.717, 1.165) is 19.8 Å². The number of nitrogens with zero attached hydrogens (tertiary/aromatic N) is 1. The highest BCUT2D eigenvalue weighted by Crippen LogP contribution is 2.36. The fourth-order valence-electron chi connectivity index (χ4n) is 3.13. The summed E-state index contributed by atoms with van der Waals surface area (Å²) in [4.78, 5) is 2.50. The van der Waals surface area contributed by atoms with E-state index in [1.807, 2.05) is 11.3 Å². The van der Waals surface area contributed by atoms with Gasteiger partial charge in [0.15, 0.2) is 0 Å². The van der Waals surface area contributed by atoms with E-state index < -0.39 is 0 Å². The Balaban J connectivity index is 2.01. The maximum absolute atomic E-state index is 6.13. The third-order valence-corrected chi connectivity index (χ3v) is 5.16. The minimum Gasteiger partial charge on any atom is -0.378 e. The standard InChI is InChI=1S/C16H22N2OS/c1-16(2)11-19-8-7-18(16)14(9-17)13-10-20-15-6-4-3-5-12(13)15/h3-6,10,14H,7-9,11,17H2,1-2H3. The number of benzene rings is 1. The van der Waals surface area contributed by atoms with Crippen LogP contribution < -0.4 is 5.73 Å². The molecule has 1 aliphatic heterocycles. The van der Waals surface area contributed by atoms with Crippen molar-refractivity contribution in [2.75, 3.05) is 26.3 Å². The second-order valence-corrected chi connectivity index (χ2v) is 6.91. The Morgan fingerprint density at radius 1 is 1.40 bits per heavy atom. The Labute approximate surface area is 124 Å². The van der Waals surface area contributed by atoms with E-state index in [2.05, 4.69) is 48.4 Å². The number of hydrogen-bond donors (Lipinski definition) is 1. The molecular weight excluding hydrogens is 268 g/mol. The Morgan fingerprint density at radius 3 is 2.95 bits per heavy atom. The van der Waals surface area contributed by atoms with Gasteiger partial charge < -0.3 is 10.5 Å². The lowest BCUT2D eigenvalue weighted by atomic mass is 9.95. The largest absolute Gasteiger partial charge is 0.378 e. The molecule has 1 aliphatic rings. The zero-order valence-electron chi connectivity index (χ0n) is 12.1. The van der Waals surface area contributed by atoms with Crippen LogP contribution in [0.4, 0.5) is 0 Å². The lowest BCUT2D eigenvalue weighted by Gasteiger charge is -2.46. The van der Waals surface area contributed by atoms with Crippen LogP contribution in [0.3, 0.4) is 0 Å². The molecule has 1 unspecified atom stereocenters. The molecule has 3 rings (SSSR count). The third-order valence-electron chi connectivity index (χ3n) is 4.18. The van der Waals surface area contributed by atoms with Crippen LogP contribution >= 0.6 is 11.3 Å². The highest BCUT2D eigenvalue weighted by atomic mass is 32.1. The summed E-state index contributed by atoms with van der Waals surface area (Å²) in [6, 6.07) is 8.86. The van der Waals surface area contributed by atoms with Crippen LogP contribution in [0, 0.1) is 0 Å². The first-order valence-corrected chi connectivity index (χ1v) is 8.02. The van der Waals surface area contributed by atoms with Gasteiger partial charge in [0.2, 0.25) is 0 Å². The van der Waals surface area contributed by atoms with Gasteiger partial charge in [0.25, 0.3) is 0 Å². The molecule has 1 fully saturated rings. The number of morpholine rings is 1. The molecule has 20 heavy (non-hydrogen) atoms. The summed E-state index contributed by atoms with van der Waals surface area (Å²) in [5.74, 6) is 0. The molecule has 2 aromatic rings. The van der Waals surface area contributed by atoms with Gasteiger partial charge in [-0.1, -0.05) is 18.2 Å². The van der Waals surface area contributed by atoms with Crippen molar-refractivity contribution in [3.8, 4) is 0 Å². The molecule has 1 aromatic heterocycles. The average Bonchev–Trinajstić information content (AvgIpc) is 2.85. The normalized spacial score (nSPS) is 21.1. The first kappa shape index (κ1) is 14.0. The topological polar surface area (TPSA) is 38.5 Å². The minimum atomic E-state index is 0.0331. The maximum atomic E-state index is 6.13. The summed E-state index contributed by atoms with van der Waals surface area (Å²) in [5.41, 5.74) is 7.53. The van der Waals surface area contributed by atoms with Crippen LogP contribution in [0.15, 0.2) is 29.6 Å². The minimum absolute atomic E-state index is 0.0331. The van der Waals surface area contributed by atoms with Gasteiger partial charge in [-0.25, -0.2) is 0 Å². The molecule has 0 radical (unpaired) electrons. The quantitative estimate of drug-likeness (QED) is 0.944. The fraction of sp³-hybridized carbons (Fsp3) is 0.500. The highest BCUT2D eigenvalue weighted by molar-refractivity contribution is 7.17. The summed E-state index contributed by atoms with van der Waals surface area (Å²) in [6.45, 7) is 7.63. The van der Waals surface area contributed by atoms with E-state index in [-0.39, 0.29) is 11.6 Å². The van der Waals surface area contributed by atoms with Crippen molar-refractivity contribution in [3.63, 3.8) is 0 Å². The van der Waals surface area contributed by atoms with Crippen molar-refractivity contribution >= 4 is 21.4 Å². The van der Waals surface area contributed by atoms with Gasteiger partial charge in [-0.15, -0.1) is 11.3 Å². The molecule has 108 valence electrons. The van der Waals surface area contributed by atoms with Crippen molar-refractivity contribution in [1.82, 2.24) is 4.90 Å². The molecule has 4 heteroatoms. The van der Waals surface area contributed by atoms with Crippen molar-refractivity contribution < 1.29 is 4.74 Å². The van der Waals surface area contributed by atoms with Gasteiger partial charge >= 0.3 is 0 Å². The SMILES string of the molecule is CC1(C)COCCN1C(CN)c1csc2ccccc12. The van der Waals surface area contributed by atoms with Crippen molar-refractivity contribution in [1.29, 1.82) is 0 Å². The highest BCUT2D eigenvalue weighted by Gasteiger charge is 2.36. The van der Waals surface area contributed by atoms with Crippen LogP contribution in [0.5, 0.6) is 0 Å². The van der Waals surface area contributed by atoms with Gasteiger partial charge in [-0.05, 0) is 36.2 Å². The van der Waals surface area contributed by atoms with Gasteiger partial charge in [-0.3, -0.25) is 4.90 Å². The van der Waals surface area contributed by atoms with Crippen LogP contribution in [0.2, 0.25) is 0 Å². The second kappa shape index (κ2) is 5.45. The Hall–Kier alpha value is -0.940. The van der Waals surface area contributed by atoms with Gasteiger partial charge in [0, 0.05) is 29.4 Å². The molecule has 2 heterocycles. The zero-order chi connectivity index (χ0) is 14.2. The van der Waals surface area contributed by atoms with Gasteiger partial charge in [-0.2, -0.15) is 0 Å². The molecule has 0 saturated carbocycles.